The zero-order chi connectivity index (χ0) is 13.0. The molecule has 4 heteroatoms. The van der Waals surface area contributed by atoms with Crippen molar-refractivity contribution in [2.24, 2.45) is 0 Å². The van der Waals surface area contributed by atoms with Crippen LogP contribution in [0.2, 0.25) is 0 Å². The quantitative estimate of drug-likeness (QED) is 0.681. The second-order valence-electron chi connectivity index (χ2n) is 3.76. The average Bonchev–Trinajstić information content (AvgIpc) is 2.37. The van der Waals surface area contributed by atoms with Gasteiger partial charge in [0, 0.05) is 0 Å². The van der Waals surface area contributed by atoms with Gasteiger partial charge in [-0.3, -0.25) is 4.55 Å². The Morgan fingerprint density at radius 3 is 2.11 bits per heavy atom. The van der Waals surface area contributed by atoms with Crippen LogP contribution in [-0.4, -0.2) is 13.0 Å². The zero-order valence-electron chi connectivity index (χ0n) is 9.52. The molecule has 2 rings (SSSR count). The molecule has 0 saturated heterocycles. The van der Waals surface area contributed by atoms with Crippen LogP contribution in [0.4, 0.5) is 0 Å². The monoisotopic (exact) mass is 260 g/mol. The maximum absolute atomic E-state index is 11.2. The second-order valence-corrected chi connectivity index (χ2v) is 5.15. The van der Waals surface area contributed by atoms with Crippen molar-refractivity contribution in [3.8, 4) is 0 Å². The van der Waals surface area contributed by atoms with Gasteiger partial charge in [-0.15, -0.1) is 0 Å². The lowest BCUT2D eigenvalue weighted by Crippen LogP contribution is -2.00. The van der Waals surface area contributed by atoms with Crippen molar-refractivity contribution < 1.29 is 13.0 Å². The summed E-state index contributed by atoms with van der Waals surface area (Å²) in [5.41, 5.74) is 1.42. The summed E-state index contributed by atoms with van der Waals surface area (Å²) in [6.07, 6.45) is 3.46. The topological polar surface area (TPSA) is 54.4 Å². The molecule has 92 valence electrons. The molecule has 1 N–H and O–H groups in total. The Morgan fingerprint density at radius 1 is 0.833 bits per heavy atom. The first-order valence-electron chi connectivity index (χ1n) is 5.37. The Kier molecular flexibility index (Phi) is 3.60. The van der Waals surface area contributed by atoms with Crippen molar-refractivity contribution in [3.63, 3.8) is 0 Å². The minimum atomic E-state index is -4.19. The highest BCUT2D eigenvalue weighted by atomic mass is 32.2. The first kappa shape index (κ1) is 12.5. The molecule has 0 aliphatic rings. The fourth-order valence-electron chi connectivity index (χ4n) is 1.60. The van der Waals surface area contributed by atoms with Crippen molar-refractivity contribution in [2.75, 3.05) is 0 Å². The number of rotatable bonds is 3. The Labute approximate surface area is 106 Å². The van der Waals surface area contributed by atoms with E-state index in [9.17, 15) is 8.42 Å². The van der Waals surface area contributed by atoms with E-state index < -0.39 is 10.1 Å². The van der Waals surface area contributed by atoms with E-state index in [0.29, 0.717) is 5.56 Å². The summed E-state index contributed by atoms with van der Waals surface area (Å²) in [4.78, 5) is -0.0859. The van der Waals surface area contributed by atoms with Crippen molar-refractivity contribution in [3.05, 3.63) is 65.7 Å². The molecule has 3 nitrogen and oxygen atoms in total. The van der Waals surface area contributed by atoms with E-state index in [1.807, 2.05) is 30.3 Å². The largest absolute Gasteiger partial charge is 0.295 e. The lowest BCUT2D eigenvalue weighted by atomic mass is 10.1. The third-order valence-electron chi connectivity index (χ3n) is 2.45. The van der Waals surface area contributed by atoms with Gasteiger partial charge in [0.1, 0.15) is 4.90 Å². The molecular formula is C14H12O3S. The molecule has 0 saturated carbocycles. The summed E-state index contributed by atoms with van der Waals surface area (Å²) in [5, 5.41) is 0. The van der Waals surface area contributed by atoms with Gasteiger partial charge < -0.3 is 0 Å². The summed E-state index contributed by atoms with van der Waals surface area (Å²) >= 11 is 0. The van der Waals surface area contributed by atoms with Crippen LogP contribution in [0.15, 0.2) is 59.5 Å². The maximum atomic E-state index is 11.2. The molecule has 0 radical (unpaired) electrons. The Morgan fingerprint density at radius 2 is 1.44 bits per heavy atom. The molecule has 0 spiro atoms. The van der Waals surface area contributed by atoms with Gasteiger partial charge in [-0.05, 0) is 17.2 Å². The van der Waals surface area contributed by atoms with Crippen LogP contribution in [0.5, 0.6) is 0 Å². The van der Waals surface area contributed by atoms with Gasteiger partial charge in [0.25, 0.3) is 10.1 Å². The fraction of sp³-hybridized carbons (Fsp3) is 0. The number of hydrogen-bond acceptors (Lipinski definition) is 2. The highest BCUT2D eigenvalue weighted by Gasteiger charge is 2.12. The highest BCUT2D eigenvalue weighted by Crippen LogP contribution is 2.17. The van der Waals surface area contributed by atoms with Gasteiger partial charge in [0.2, 0.25) is 0 Å². The van der Waals surface area contributed by atoms with E-state index in [1.54, 1.807) is 30.4 Å². The molecule has 18 heavy (non-hydrogen) atoms. The molecular weight excluding hydrogens is 248 g/mol. The SMILES string of the molecule is O=S(=O)(O)c1ccccc1/C=C/c1ccccc1. The predicted molar refractivity (Wildman–Crippen MR) is 71.6 cm³/mol. The second kappa shape index (κ2) is 5.16. The first-order valence-corrected chi connectivity index (χ1v) is 6.81. The lowest BCUT2D eigenvalue weighted by molar-refractivity contribution is 0.483. The van der Waals surface area contributed by atoms with Crippen molar-refractivity contribution in [1.82, 2.24) is 0 Å². The third-order valence-corrected chi connectivity index (χ3v) is 3.38. The van der Waals surface area contributed by atoms with Gasteiger partial charge in [-0.2, -0.15) is 8.42 Å². The van der Waals surface area contributed by atoms with Gasteiger partial charge in [-0.1, -0.05) is 60.7 Å². The molecule has 0 bridgehead atoms. The van der Waals surface area contributed by atoms with Crippen molar-refractivity contribution >= 4 is 22.3 Å². The van der Waals surface area contributed by atoms with Crippen LogP contribution in [0, 0.1) is 0 Å². The molecule has 0 aliphatic carbocycles. The Hall–Kier alpha value is -1.91. The predicted octanol–water partition coefficient (Wildman–Crippen LogP) is 3.10. The van der Waals surface area contributed by atoms with Crippen LogP contribution >= 0.6 is 0 Å². The van der Waals surface area contributed by atoms with Crippen LogP contribution in [-0.2, 0) is 10.1 Å². The number of benzene rings is 2. The highest BCUT2D eigenvalue weighted by molar-refractivity contribution is 7.85. The van der Waals surface area contributed by atoms with Gasteiger partial charge in [0.15, 0.2) is 0 Å². The van der Waals surface area contributed by atoms with E-state index >= 15 is 0 Å². The smallest absolute Gasteiger partial charge is 0.282 e. The minimum absolute atomic E-state index is 0.0859. The molecule has 2 aromatic carbocycles. The first-order chi connectivity index (χ1) is 8.57. The lowest BCUT2D eigenvalue weighted by Gasteiger charge is -2.01. The summed E-state index contributed by atoms with van der Waals surface area (Å²) in [5.74, 6) is 0. The van der Waals surface area contributed by atoms with Crippen molar-refractivity contribution in [2.45, 2.75) is 4.90 Å². The standard InChI is InChI=1S/C14H12O3S/c15-18(16,17)14-9-5-4-8-13(14)11-10-12-6-2-1-3-7-12/h1-11H,(H,15,16,17)/b11-10+. The van der Waals surface area contributed by atoms with E-state index in [2.05, 4.69) is 0 Å². The normalized spacial score (nSPS) is 11.8. The van der Waals surface area contributed by atoms with Gasteiger partial charge >= 0.3 is 0 Å². The van der Waals surface area contributed by atoms with E-state index in [-0.39, 0.29) is 4.90 Å². The Balaban J connectivity index is 2.39. The van der Waals surface area contributed by atoms with Gasteiger partial charge in [0.05, 0.1) is 0 Å². The minimum Gasteiger partial charge on any atom is -0.282 e. The van der Waals surface area contributed by atoms with E-state index in [4.69, 9.17) is 4.55 Å². The zero-order valence-corrected chi connectivity index (χ0v) is 10.3. The average molecular weight is 260 g/mol. The molecule has 2 aromatic rings. The third kappa shape index (κ3) is 3.06. The summed E-state index contributed by atoms with van der Waals surface area (Å²) < 4.78 is 31.5. The Bertz CT molecular complexity index is 658. The van der Waals surface area contributed by atoms with Gasteiger partial charge in [-0.25, -0.2) is 0 Å². The molecule has 0 unspecified atom stereocenters. The molecule has 0 heterocycles. The number of hydrogen-bond donors (Lipinski definition) is 1. The fourth-order valence-corrected chi connectivity index (χ4v) is 2.29. The van der Waals surface area contributed by atoms with Crippen LogP contribution in [0.3, 0.4) is 0 Å². The molecule has 0 aromatic heterocycles. The van der Waals surface area contributed by atoms with Crippen molar-refractivity contribution in [1.29, 1.82) is 0 Å². The van der Waals surface area contributed by atoms with Crippen LogP contribution < -0.4 is 0 Å². The van der Waals surface area contributed by atoms with E-state index in [1.165, 1.54) is 6.07 Å². The molecule has 0 amide bonds. The van der Waals surface area contributed by atoms with Crippen LogP contribution in [0.1, 0.15) is 11.1 Å². The molecule has 0 atom stereocenters. The van der Waals surface area contributed by atoms with E-state index in [0.717, 1.165) is 5.56 Å². The van der Waals surface area contributed by atoms with Crippen LogP contribution in [0.25, 0.3) is 12.2 Å². The summed E-state index contributed by atoms with van der Waals surface area (Å²) in [6, 6.07) is 15.8. The molecule has 0 aliphatic heterocycles. The summed E-state index contributed by atoms with van der Waals surface area (Å²) in [7, 11) is -4.19. The maximum Gasteiger partial charge on any atom is 0.295 e. The molecule has 0 fully saturated rings. The summed E-state index contributed by atoms with van der Waals surface area (Å²) in [6.45, 7) is 0.